The van der Waals surface area contributed by atoms with Crippen LogP contribution in [0, 0.1) is 0 Å². The van der Waals surface area contributed by atoms with Crippen LogP contribution in [0.4, 0.5) is 0 Å². The summed E-state index contributed by atoms with van der Waals surface area (Å²) in [6, 6.07) is 3.66. The van der Waals surface area contributed by atoms with Crippen molar-refractivity contribution in [2.45, 2.75) is 37.5 Å². The number of hydrogen-bond donors (Lipinski definition) is 1. The highest BCUT2D eigenvalue weighted by molar-refractivity contribution is 9.10. The third-order valence-electron chi connectivity index (χ3n) is 4.08. The zero-order chi connectivity index (χ0) is 13.5. The molecule has 1 heterocycles. The largest absolute Gasteiger partial charge is 0.481 e. The molecule has 0 aromatic heterocycles. The topological polar surface area (TPSA) is 55.8 Å². The molecular weight excluding hydrogens is 312 g/mol. The van der Waals surface area contributed by atoms with E-state index in [1.165, 1.54) is 0 Å². The number of ether oxygens (including phenoxy) is 2. The Bertz CT molecular complexity index is 520. The van der Waals surface area contributed by atoms with Crippen molar-refractivity contribution in [2.24, 2.45) is 0 Å². The fraction of sp³-hybridized carbons (Fsp3) is 0.500. The molecule has 1 aliphatic carbocycles. The fourth-order valence-electron chi connectivity index (χ4n) is 3.12. The molecule has 2 aliphatic rings. The number of carbonyl (C=O) groups is 1. The number of benzene rings is 1. The molecule has 0 unspecified atom stereocenters. The van der Waals surface area contributed by atoms with Gasteiger partial charge in [-0.2, -0.15) is 0 Å². The van der Waals surface area contributed by atoms with Crippen molar-refractivity contribution in [2.75, 3.05) is 6.79 Å². The molecule has 0 saturated heterocycles. The van der Waals surface area contributed by atoms with Crippen LogP contribution in [0.2, 0.25) is 0 Å². The summed E-state index contributed by atoms with van der Waals surface area (Å²) in [4.78, 5) is 11.9. The first-order valence-electron chi connectivity index (χ1n) is 6.47. The van der Waals surface area contributed by atoms with Crippen molar-refractivity contribution in [3.8, 4) is 11.5 Å². The Labute approximate surface area is 119 Å². The van der Waals surface area contributed by atoms with Gasteiger partial charge in [-0.3, -0.25) is 4.79 Å². The number of fused-ring (bicyclic) bond motifs is 1. The number of carboxylic acid groups (broad SMARTS) is 1. The molecule has 3 rings (SSSR count). The Morgan fingerprint density at radius 1 is 1.21 bits per heavy atom. The molecule has 1 fully saturated rings. The maximum Gasteiger partial charge on any atom is 0.314 e. The SMILES string of the molecule is O=C(O)C1(c2c(Br)ccc3c2OCO3)CCCCC1. The summed E-state index contributed by atoms with van der Waals surface area (Å²) in [6.45, 7) is 0.161. The van der Waals surface area contributed by atoms with E-state index in [2.05, 4.69) is 15.9 Å². The summed E-state index contributed by atoms with van der Waals surface area (Å²) in [5, 5.41) is 9.78. The molecule has 19 heavy (non-hydrogen) atoms. The van der Waals surface area contributed by atoms with E-state index in [9.17, 15) is 9.90 Å². The van der Waals surface area contributed by atoms with Gasteiger partial charge < -0.3 is 14.6 Å². The van der Waals surface area contributed by atoms with Gasteiger partial charge in [-0.1, -0.05) is 35.2 Å². The van der Waals surface area contributed by atoms with E-state index in [1.807, 2.05) is 12.1 Å². The van der Waals surface area contributed by atoms with Gasteiger partial charge in [0.25, 0.3) is 0 Å². The average Bonchev–Trinajstić information content (AvgIpc) is 2.87. The first-order valence-corrected chi connectivity index (χ1v) is 7.26. The first-order chi connectivity index (χ1) is 9.15. The minimum atomic E-state index is -0.851. The number of rotatable bonds is 2. The molecule has 4 nitrogen and oxygen atoms in total. The summed E-state index contributed by atoms with van der Waals surface area (Å²) in [6.07, 6.45) is 4.27. The highest BCUT2D eigenvalue weighted by atomic mass is 79.9. The number of halogens is 1. The van der Waals surface area contributed by atoms with E-state index in [4.69, 9.17) is 9.47 Å². The van der Waals surface area contributed by atoms with E-state index >= 15 is 0 Å². The lowest BCUT2D eigenvalue weighted by Crippen LogP contribution is -2.38. The van der Waals surface area contributed by atoms with Crippen molar-refractivity contribution in [3.63, 3.8) is 0 Å². The Hall–Kier alpha value is -1.23. The van der Waals surface area contributed by atoms with E-state index in [-0.39, 0.29) is 6.79 Å². The Morgan fingerprint density at radius 2 is 1.95 bits per heavy atom. The van der Waals surface area contributed by atoms with E-state index in [1.54, 1.807) is 0 Å². The second kappa shape index (κ2) is 4.71. The first kappa shape index (κ1) is 12.8. The molecule has 0 bridgehead atoms. The molecule has 0 atom stereocenters. The summed E-state index contributed by atoms with van der Waals surface area (Å²) in [5.74, 6) is 0.472. The quantitative estimate of drug-likeness (QED) is 0.904. The number of carboxylic acids is 1. The summed E-state index contributed by atoms with van der Waals surface area (Å²) in [5.41, 5.74) is -0.106. The Morgan fingerprint density at radius 3 is 2.63 bits per heavy atom. The van der Waals surface area contributed by atoms with Crippen molar-refractivity contribution in [3.05, 3.63) is 22.2 Å². The van der Waals surface area contributed by atoms with Crippen LogP contribution in [-0.2, 0) is 10.2 Å². The van der Waals surface area contributed by atoms with Gasteiger partial charge in [0.2, 0.25) is 6.79 Å². The van der Waals surface area contributed by atoms with E-state index < -0.39 is 11.4 Å². The molecule has 1 aromatic rings. The predicted molar refractivity (Wildman–Crippen MR) is 72.7 cm³/mol. The number of hydrogen-bond acceptors (Lipinski definition) is 3. The minimum absolute atomic E-state index is 0.161. The number of aliphatic carboxylic acids is 1. The predicted octanol–water partition coefficient (Wildman–Crippen LogP) is 3.46. The van der Waals surface area contributed by atoms with Crippen molar-refractivity contribution in [1.82, 2.24) is 0 Å². The molecule has 1 aromatic carbocycles. The van der Waals surface area contributed by atoms with Gasteiger partial charge >= 0.3 is 5.97 Å². The zero-order valence-corrected chi connectivity index (χ0v) is 12.0. The smallest absolute Gasteiger partial charge is 0.314 e. The van der Waals surface area contributed by atoms with Gasteiger partial charge in [-0.05, 0) is 25.0 Å². The third-order valence-corrected chi connectivity index (χ3v) is 4.74. The lowest BCUT2D eigenvalue weighted by molar-refractivity contribution is -0.145. The maximum atomic E-state index is 11.9. The van der Waals surface area contributed by atoms with Crippen LogP contribution >= 0.6 is 15.9 Å². The Balaban J connectivity index is 2.18. The molecule has 5 heteroatoms. The van der Waals surface area contributed by atoms with Crippen LogP contribution in [0.15, 0.2) is 16.6 Å². The maximum absolute atomic E-state index is 11.9. The molecule has 1 saturated carbocycles. The van der Waals surface area contributed by atoms with E-state index in [0.29, 0.717) is 24.3 Å². The van der Waals surface area contributed by atoms with E-state index in [0.717, 1.165) is 29.3 Å². The zero-order valence-electron chi connectivity index (χ0n) is 10.4. The standard InChI is InChI=1S/C14H15BrO4/c15-9-4-5-10-12(19-8-18-10)11(9)14(13(16)17)6-2-1-3-7-14/h4-5H,1-3,6-8H2,(H,16,17). The average molecular weight is 327 g/mol. The molecule has 0 radical (unpaired) electrons. The normalized spacial score (nSPS) is 20.3. The van der Waals surface area contributed by atoms with Gasteiger partial charge in [0.1, 0.15) is 0 Å². The fourth-order valence-corrected chi connectivity index (χ4v) is 3.81. The molecule has 102 valence electrons. The third kappa shape index (κ3) is 1.91. The lowest BCUT2D eigenvalue weighted by atomic mass is 9.69. The highest BCUT2D eigenvalue weighted by Gasteiger charge is 2.46. The lowest BCUT2D eigenvalue weighted by Gasteiger charge is -2.34. The van der Waals surface area contributed by atoms with Gasteiger partial charge in [-0.25, -0.2) is 0 Å². The van der Waals surface area contributed by atoms with Crippen LogP contribution in [0.1, 0.15) is 37.7 Å². The van der Waals surface area contributed by atoms with Crippen molar-refractivity contribution < 1.29 is 19.4 Å². The minimum Gasteiger partial charge on any atom is -0.481 e. The van der Waals surface area contributed by atoms with Crippen LogP contribution in [0.3, 0.4) is 0 Å². The van der Waals surface area contributed by atoms with Gasteiger partial charge in [-0.15, -0.1) is 0 Å². The molecule has 0 spiro atoms. The molecule has 1 N–H and O–H groups in total. The highest BCUT2D eigenvalue weighted by Crippen LogP contribution is 2.51. The monoisotopic (exact) mass is 326 g/mol. The summed E-state index contributed by atoms with van der Waals surface area (Å²) < 4.78 is 11.7. The van der Waals surface area contributed by atoms with Crippen LogP contribution in [0.25, 0.3) is 0 Å². The second-order valence-corrected chi connectivity index (χ2v) is 5.96. The van der Waals surface area contributed by atoms with Crippen molar-refractivity contribution >= 4 is 21.9 Å². The van der Waals surface area contributed by atoms with Crippen molar-refractivity contribution in [1.29, 1.82) is 0 Å². The van der Waals surface area contributed by atoms with Gasteiger partial charge in [0.15, 0.2) is 11.5 Å². The van der Waals surface area contributed by atoms with Gasteiger partial charge in [0, 0.05) is 10.0 Å². The van der Waals surface area contributed by atoms with Crippen LogP contribution in [0.5, 0.6) is 11.5 Å². The van der Waals surface area contributed by atoms with Gasteiger partial charge in [0.05, 0.1) is 5.41 Å². The Kier molecular flexibility index (Phi) is 3.17. The van der Waals surface area contributed by atoms with Crippen LogP contribution in [-0.4, -0.2) is 17.9 Å². The second-order valence-electron chi connectivity index (χ2n) is 5.10. The molecule has 1 aliphatic heterocycles. The summed E-state index contributed by atoms with van der Waals surface area (Å²) >= 11 is 3.49. The molecular formula is C14H15BrO4. The molecule has 0 amide bonds. The van der Waals surface area contributed by atoms with Crippen LogP contribution < -0.4 is 9.47 Å². The summed E-state index contributed by atoms with van der Waals surface area (Å²) in [7, 11) is 0.